The fraction of sp³-hybridized carbons (Fsp3) is 0.800. The second-order valence-corrected chi connectivity index (χ2v) is 6.91. The summed E-state index contributed by atoms with van der Waals surface area (Å²) in [6, 6.07) is 0. The molecule has 18 heavy (non-hydrogen) atoms. The van der Waals surface area contributed by atoms with Crippen LogP contribution >= 0.6 is 0 Å². The van der Waals surface area contributed by atoms with Crippen molar-refractivity contribution in [3.63, 3.8) is 0 Å². The van der Waals surface area contributed by atoms with E-state index < -0.39 is 15.6 Å². The Morgan fingerprint density at radius 1 is 1.39 bits per heavy atom. The minimum Gasteiger partial charge on any atom is -0.381 e. The van der Waals surface area contributed by atoms with Crippen molar-refractivity contribution in [1.82, 2.24) is 14.8 Å². The Morgan fingerprint density at radius 2 is 2.06 bits per heavy atom. The van der Waals surface area contributed by atoms with Crippen molar-refractivity contribution in [3.8, 4) is 0 Å². The third kappa shape index (κ3) is 2.40. The fourth-order valence-electron chi connectivity index (χ4n) is 2.10. The number of ether oxygens (including phenoxy) is 1. The van der Waals surface area contributed by atoms with Crippen molar-refractivity contribution < 1.29 is 13.2 Å². The van der Waals surface area contributed by atoms with Crippen molar-refractivity contribution in [2.24, 2.45) is 5.14 Å². The second kappa shape index (κ2) is 4.29. The predicted octanol–water partition coefficient (Wildman–Crippen LogP) is 0.184. The SMILES string of the molecule is CC(C)(C)n1c(C2CCOC2)nnc1S(N)(=O)=O. The maximum Gasteiger partial charge on any atom is 0.273 e. The number of nitrogens with two attached hydrogens (primary N) is 1. The van der Waals surface area contributed by atoms with Crippen LogP contribution in [0.25, 0.3) is 0 Å². The van der Waals surface area contributed by atoms with Crippen LogP contribution in [-0.4, -0.2) is 36.4 Å². The van der Waals surface area contributed by atoms with Crippen molar-refractivity contribution >= 4 is 10.0 Å². The Balaban J connectivity index is 2.58. The summed E-state index contributed by atoms with van der Waals surface area (Å²) in [4.78, 5) is 0. The summed E-state index contributed by atoms with van der Waals surface area (Å²) in [5.74, 6) is 0.705. The van der Waals surface area contributed by atoms with Gasteiger partial charge in [-0.05, 0) is 27.2 Å². The van der Waals surface area contributed by atoms with Gasteiger partial charge in [0.2, 0.25) is 0 Å². The molecule has 102 valence electrons. The summed E-state index contributed by atoms with van der Waals surface area (Å²) in [7, 11) is -3.88. The van der Waals surface area contributed by atoms with Crippen molar-refractivity contribution in [1.29, 1.82) is 0 Å². The molecule has 0 aliphatic carbocycles. The first-order valence-electron chi connectivity index (χ1n) is 5.77. The molecule has 0 amide bonds. The van der Waals surface area contributed by atoms with Crippen LogP contribution in [0.2, 0.25) is 0 Å². The number of nitrogens with zero attached hydrogens (tertiary/aromatic N) is 3. The third-order valence-electron chi connectivity index (χ3n) is 2.88. The maximum atomic E-state index is 11.6. The van der Waals surface area contributed by atoms with E-state index in [1.807, 2.05) is 20.8 Å². The van der Waals surface area contributed by atoms with Gasteiger partial charge in [0.1, 0.15) is 5.82 Å². The molecule has 1 unspecified atom stereocenters. The van der Waals surface area contributed by atoms with Crippen molar-refractivity contribution in [2.45, 2.75) is 43.8 Å². The van der Waals surface area contributed by atoms with Crippen LogP contribution in [0.1, 0.15) is 38.9 Å². The molecule has 0 radical (unpaired) electrons. The highest BCUT2D eigenvalue weighted by atomic mass is 32.2. The Hall–Kier alpha value is -0.990. The third-order valence-corrected chi connectivity index (χ3v) is 3.65. The van der Waals surface area contributed by atoms with E-state index in [9.17, 15) is 8.42 Å². The van der Waals surface area contributed by atoms with Gasteiger partial charge in [-0.15, -0.1) is 10.2 Å². The molecule has 1 fully saturated rings. The van der Waals surface area contributed by atoms with E-state index >= 15 is 0 Å². The minimum absolute atomic E-state index is 0.0761. The van der Waals surface area contributed by atoms with Gasteiger partial charge < -0.3 is 4.74 Å². The topological polar surface area (TPSA) is 100 Å². The molecule has 8 heteroatoms. The van der Waals surface area contributed by atoms with Gasteiger partial charge in [-0.25, -0.2) is 13.6 Å². The number of aromatic nitrogens is 3. The van der Waals surface area contributed by atoms with E-state index in [1.54, 1.807) is 4.57 Å². The molecular weight excluding hydrogens is 256 g/mol. The van der Waals surface area contributed by atoms with Crippen LogP contribution < -0.4 is 5.14 Å². The minimum atomic E-state index is -3.88. The normalized spacial score (nSPS) is 21.4. The van der Waals surface area contributed by atoms with Gasteiger partial charge in [0.15, 0.2) is 0 Å². The van der Waals surface area contributed by atoms with Crippen molar-refractivity contribution in [3.05, 3.63) is 5.82 Å². The molecule has 1 atom stereocenters. The van der Waals surface area contributed by atoms with Gasteiger partial charge in [-0.3, -0.25) is 4.57 Å². The number of hydrogen-bond acceptors (Lipinski definition) is 5. The molecule has 2 heterocycles. The highest BCUT2D eigenvalue weighted by molar-refractivity contribution is 7.89. The van der Waals surface area contributed by atoms with Crippen LogP contribution in [0.3, 0.4) is 0 Å². The number of rotatable bonds is 2. The zero-order valence-corrected chi connectivity index (χ0v) is 11.6. The molecule has 2 N–H and O–H groups in total. The lowest BCUT2D eigenvalue weighted by Gasteiger charge is -2.25. The Labute approximate surface area is 106 Å². The molecule has 1 aliphatic heterocycles. The molecule has 0 spiro atoms. The molecule has 1 aromatic rings. The van der Waals surface area contributed by atoms with Gasteiger partial charge in [-0.2, -0.15) is 0 Å². The lowest BCUT2D eigenvalue weighted by atomic mass is 10.0. The van der Waals surface area contributed by atoms with Crippen molar-refractivity contribution in [2.75, 3.05) is 13.2 Å². The summed E-state index contributed by atoms with van der Waals surface area (Å²) in [6.45, 7) is 6.88. The standard InChI is InChI=1S/C10H18N4O3S/c1-10(2,3)14-8(7-4-5-17-6-7)12-13-9(14)18(11,15)16/h7H,4-6H2,1-3H3,(H2,11,15,16). The Morgan fingerprint density at radius 3 is 2.50 bits per heavy atom. The average Bonchev–Trinajstić information content (AvgIpc) is 2.83. The first-order chi connectivity index (χ1) is 8.21. The number of hydrogen-bond donors (Lipinski definition) is 1. The van der Waals surface area contributed by atoms with E-state index in [0.717, 1.165) is 6.42 Å². The van der Waals surface area contributed by atoms with E-state index in [4.69, 9.17) is 9.88 Å². The largest absolute Gasteiger partial charge is 0.381 e. The molecule has 7 nitrogen and oxygen atoms in total. The first-order valence-corrected chi connectivity index (χ1v) is 7.32. The summed E-state index contributed by atoms with van der Waals surface area (Å²) in [5, 5.41) is 12.7. The zero-order valence-electron chi connectivity index (χ0n) is 10.8. The summed E-state index contributed by atoms with van der Waals surface area (Å²) in [5.41, 5.74) is -0.455. The summed E-state index contributed by atoms with van der Waals surface area (Å²) < 4.78 is 30.0. The van der Waals surface area contributed by atoms with Gasteiger partial charge in [-0.1, -0.05) is 0 Å². The van der Waals surface area contributed by atoms with Gasteiger partial charge in [0.25, 0.3) is 15.2 Å². The molecule has 2 rings (SSSR count). The molecule has 1 aromatic heterocycles. The first kappa shape index (κ1) is 13.4. The average molecular weight is 274 g/mol. The number of primary sulfonamides is 1. The van der Waals surface area contributed by atoms with E-state index in [-0.39, 0.29) is 11.1 Å². The monoisotopic (exact) mass is 274 g/mol. The molecule has 1 aliphatic rings. The van der Waals surface area contributed by atoms with Gasteiger partial charge >= 0.3 is 0 Å². The van der Waals surface area contributed by atoms with Gasteiger partial charge in [0.05, 0.1) is 6.61 Å². The molecule has 1 saturated heterocycles. The molecule has 0 saturated carbocycles. The summed E-state index contributed by atoms with van der Waals surface area (Å²) in [6.07, 6.45) is 0.818. The summed E-state index contributed by atoms with van der Waals surface area (Å²) >= 11 is 0. The Kier molecular flexibility index (Phi) is 3.20. The van der Waals surface area contributed by atoms with Crippen LogP contribution in [0, 0.1) is 0 Å². The molecule has 0 aromatic carbocycles. The van der Waals surface area contributed by atoms with E-state index in [1.165, 1.54) is 0 Å². The zero-order chi connectivity index (χ0) is 13.6. The highest BCUT2D eigenvalue weighted by Crippen LogP contribution is 2.29. The predicted molar refractivity (Wildman–Crippen MR) is 64.6 cm³/mol. The highest BCUT2D eigenvalue weighted by Gasteiger charge is 2.33. The lowest BCUT2D eigenvalue weighted by molar-refractivity contribution is 0.191. The van der Waals surface area contributed by atoms with Crippen LogP contribution in [-0.2, 0) is 20.3 Å². The van der Waals surface area contributed by atoms with Crippen LogP contribution in [0.5, 0.6) is 0 Å². The second-order valence-electron chi connectivity index (χ2n) is 5.45. The van der Waals surface area contributed by atoms with Crippen LogP contribution in [0.15, 0.2) is 5.16 Å². The van der Waals surface area contributed by atoms with Gasteiger partial charge in [0, 0.05) is 18.1 Å². The quantitative estimate of drug-likeness (QED) is 0.829. The van der Waals surface area contributed by atoms with Crippen LogP contribution in [0.4, 0.5) is 0 Å². The van der Waals surface area contributed by atoms with E-state index in [0.29, 0.717) is 19.0 Å². The molecular formula is C10H18N4O3S. The van der Waals surface area contributed by atoms with E-state index in [2.05, 4.69) is 10.2 Å². The fourth-order valence-corrected chi connectivity index (χ4v) is 2.88. The maximum absolute atomic E-state index is 11.6. The Bertz CT molecular complexity index is 538. The molecule has 0 bridgehead atoms. The smallest absolute Gasteiger partial charge is 0.273 e. The number of sulfonamides is 1. The lowest BCUT2D eigenvalue weighted by Crippen LogP contribution is -2.31.